The van der Waals surface area contributed by atoms with Gasteiger partial charge in [0.2, 0.25) is 0 Å². The van der Waals surface area contributed by atoms with Crippen LogP contribution in [0.1, 0.15) is 34.1 Å². The van der Waals surface area contributed by atoms with Crippen LogP contribution in [0, 0.1) is 5.41 Å². The molecule has 0 radical (unpaired) electrons. The smallest absolute Gasteiger partial charge is 0.305 e. The molecule has 0 spiro atoms. The summed E-state index contributed by atoms with van der Waals surface area (Å²) in [5, 5.41) is 0. The maximum Gasteiger partial charge on any atom is 0.305 e. The summed E-state index contributed by atoms with van der Waals surface area (Å²) in [4.78, 5) is 10.6. The number of hydrogen-bond donors (Lipinski definition) is 0. The average Bonchev–Trinajstić information content (AvgIpc) is 1.81. The maximum absolute atomic E-state index is 10.6. The topological polar surface area (TPSA) is 26.3 Å². The van der Waals surface area contributed by atoms with Crippen molar-refractivity contribution < 1.29 is 9.53 Å². The van der Waals surface area contributed by atoms with Crippen molar-refractivity contribution in [3.63, 3.8) is 0 Å². The van der Waals surface area contributed by atoms with Crippen molar-refractivity contribution in [3.05, 3.63) is 0 Å². The Kier molecular flexibility index (Phi) is 3.40. The quantitative estimate of drug-likeness (QED) is 0.554. The van der Waals surface area contributed by atoms with Gasteiger partial charge in [-0.25, -0.2) is 0 Å². The van der Waals surface area contributed by atoms with E-state index in [0.717, 1.165) is 0 Å². The second-order valence-electron chi connectivity index (χ2n) is 3.57. The van der Waals surface area contributed by atoms with Crippen molar-refractivity contribution in [3.8, 4) is 0 Å². The second kappa shape index (κ2) is 3.59. The largest absolute Gasteiger partial charge is 0.465 e. The minimum atomic E-state index is -0.116. The Morgan fingerprint density at radius 3 is 2.20 bits per heavy atom. The fourth-order valence-corrected chi connectivity index (χ4v) is 0.399. The molecule has 0 atom stereocenters. The molecule has 0 saturated carbocycles. The summed E-state index contributed by atoms with van der Waals surface area (Å²) in [6.07, 6.45) is 0.468. The highest BCUT2D eigenvalue weighted by molar-refractivity contribution is 5.68. The Balaban J connectivity index is 3.46. The normalized spacial score (nSPS) is 11.2. The van der Waals surface area contributed by atoms with E-state index < -0.39 is 0 Å². The van der Waals surface area contributed by atoms with Gasteiger partial charge in [0, 0.05) is 6.42 Å². The number of hydrogen-bond acceptors (Lipinski definition) is 2. The predicted octanol–water partition coefficient (Wildman–Crippen LogP) is 1.99. The first-order valence-electron chi connectivity index (χ1n) is 3.61. The third kappa shape index (κ3) is 5.60. The summed E-state index contributed by atoms with van der Waals surface area (Å²) in [6.45, 7) is 8.42. The molecule has 0 unspecified atom stereocenters. The third-order valence-corrected chi connectivity index (χ3v) is 0.955. The lowest BCUT2D eigenvalue weighted by Crippen LogP contribution is -2.17. The van der Waals surface area contributed by atoms with Gasteiger partial charge in [-0.2, -0.15) is 0 Å². The van der Waals surface area contributed by atoms with Gasteiger partial charge in [0.15, 0.2) is 0 Å². The first-order valence-corrected chi connectivity index (χ1v) is 3.61. The Bertz CT molecular complexity index is 111. The zero-order chi connectivity index (χ0) is 8.20. The maximum atomic E-state index is 10.6. The summed E-state index contributed by atoms with van der Waals surface area (Å²) in [5.74, 6) is -0.116. The molecule has 0 bridgehead atoms. The van der Waals surface area contributed by atoms with E-state index in [1.807, 2.05) is 20.8 Å². The SMILES string of the molecule is CCC(=O)OCC(C)(C)C. The molecule has 0 saturated heterocycles. The molecule has 0 rings (SSSR count). The molecule has 0 N–H and O–H groups in total. The van der Waals surface area contributed by atoms with Gasteiger partial charge in [-0.05, 0) is 5.41 Å². The van der Waals surface area contributed by atoms with Gasteiger partial charge in [-0.3, -0.25) is 4.79 Å². The molecular weight excluding hydrogens is 128 g/mol. The zero-order valence-corrected chi connectivity index (χ0v) is 7.23. The van der Waals surface area contributed by atoms with Crippen LogP contribution in [0.2, 0.25) is 0 Å². The second-order valence-corrected chi connectivity index (χ2v) is 3.57. The van der Waals surface area contributed by atoms with Crippen LogP contribution < -0.4 is 0 Å². The molecule has 0 amide bonds. The molecule has 0 fully saturated rings. The van der Waals surface area contributed by atoms with Crippen LogP contribution in [0.5, 0.6) is 0 Å². The van der Waals surface area contributed by atoms with E-state index in [1.165, 1.54) is 0 Å². The molecule has 0 aromatic rings. The van der Waals surface area contributed by atoms with E-state index >= 15 is 0 Å². The van der Waals surface area contributed by atoms with E-state index in [1.54, 1.807) is 6.92 Å². The van der Waals surface area contributed by atoms with Crippen LogP contribution in [0.15, 0.2) is 0 Å². The minimum absolute atomic E-state index is 0.0881. The molecule has 60 valence electrons. The highest BCUT2D eigenvalue weighted by atomic mass is 16.5. The Hall–Kier alpha value is -0.530. The van der Waals surface area contributed by atoms with Crippen LogP contribution in [0.4, 0.5) is 0 Å². The van der Waals surface area contributed by atoms with E-state index in [-0.39, 0.29) is 11.4 Å². The molecule has 2 heteroatoms. The first kappa shape index (κ1) is 9.47. The van der Waals surface area contributed by atoms with Gasteiger partial charge in [0.1, 0.15) is 0 Å². The van der Waals surface area contributed by atoms with E-state index in [0.29, 0.717) is 13.0 Å². The lowest BCUT2D eigenvalue weighted by Gasteiger charge is -2.17. The first-order chi connectivity index (χ1) is 4.45. The lowest BCUT2D eigenvalue weighted by atomic mass is 9.99. The fourth-order valence-electron chi connectivity index (χ4n) is 0.399. The summed E-state index contributed by atoms with van der Waals surface area (Å²) in [7, 11) is 0. The number of rotatable bonds is 2. The highest BCUT2D eigenvalue weighted by Gasteiger charge is 2.12. The van der Waals surface area contributed by atoms with E-state index in [9.17, 15) is 4.79 Å². The van der Waals surface area contributed by atoms with Gasteiger partial charge in [0.05, 0.1) is 6.61 Å². The molecular formula is C8H16O2. The van der Waals surface area contributed by atoms with Crippen molar-refractivity contribution >= 4 is 5.97 Å². The third-order valence-electron chi connectivity index (χ3n) is 0.955. The Labute approximate surface area is 62.6 Å². The number of esters is 1. The van der Waals surface area contributed by atoms with Crippen molar-refractivity contribution in [2.75, 3.05) is 6.61 Å². The lowest BCUT2D eigenvalue weighted by molar-refractivity contribution is -0.145. The molecule has 0 aliphatic rings. The van der Waals surface area contributed by atoms with E-state index in [4.69, 9.17) is 4.74 Å². The number of carbonyl (C=O) groups is 1. The van der Waals surface area contributed by atoms with Gasteiger partial charge in [-0.15, -0.1) is 0 Å². The van der Waals surface area contributed by atoms with Crippen LogP contribution >= 0.6 is 0 Å². The molecule has 0 aliphatic carbocycles. The average molecular weight is 144 g/mol. The molecule has 2 nitrogen and oxygen atoms in total. The number of ether oxygens (including phenoxy) is 1. The Morgan fingerprint density at radius 2 is 1.90 bits per heavy atom. The zero-order valence-electron chi connectivity index (χ0n) is 7.23. The van der Waals surface area contributed by atoms with Gasteiger partial charge in [0.25, 0.3) is 0 Å². The number of carbonyl (C=O) groups excluding carboxylic acids is 1. The monoisotopic (exact) mass is 144 g/mol. The molecule has 0 aromatic carbocycles. The molecule has 10 heavy (non-hydrogen) atoms. The Morgan fingerprint density at radius 1 is 1.40 bits per heavy atom. The van der Waals surface area contributed by atoms with Crippen LogP contribution in [0.3, 0.4) is 0 Å². The van der Waals surface area contributed by atoms with Crippen molar-refractivity contribution in [1.82, 2.24) is 0 Å². The standard InChI is InChI=1S/C8H16O2/c1-5-7(9)10-6-8(2,3)4/h5-6H2,1-4H3. The van der Waals surface area contributed by atoms with Gasteiger partial charge in [-0.1, -0.05) is 27.7 Å². The van der Waals surface area contributed by atoms with E-state index in [2.05, 4.69) is 0 Å². The van der Waals surface area contributed by atoms with Crippen LogP contribution in [-0.4, -0.2) is 12.6 Å². The van der Waals surface area contributed by atoms with Crippen molar-refractivity contribution in [2.24, 2.45) is 5.41 Å². The van der Waals surface area contributed by atoms with Crippen molar-refractivity contribution in [1.29, 1.82) is 0 Å². The molecule has 0 heterocycles. The fraction of sp³-hybridized carbons (Fsp3) is 0.875. The minimum Gasteiger partial charge on any atom is -0.465 e. The summed E-state index contributed by atoms with van der Waals surface area (Å²) < 4.78 is 4.92. The van der Waals surface area contributed by atoms with Gasteiger partial charge < -0.3 is 4.74 Å². The summed E-state index contributed by atoms with van der Waals surface area (Å²) in [5.41, 5.74) is 0.0881. The highest BCUT2D eigenvalue weighted by Crippen LogP contribution is 2.12. The van der Waals surface area contributed by atoms with Crippen molar-refractivity contribution in [2.45, 2.75) is 34.1 Å². The summed E-state index contributed by atoms with van der Waals surface area (Å²) in [6, 6.07) is 0. The molecule has 0 aromatic heterocycles. The summed E-state index contributed by atoms with van der Waals surface area (Å²) >= 11 is 0. The molecule has 0 aliphatic heterocycles. The van der Waals surface area contributed by atoms with Gasteiger partial charge >= 0.3 is 5.97 Å². The van der Waals surface area contributed by atoms with Crippen LogP contribution in [0.25, 0.3) is 0 Å². The van der Waals surface area contributed by atoms with Crippen LogP contribution in [-0.2, 0) is 9.53 Å². The predicted molar refractivity (Wildman–Crippen MR) is 40.7 cm³/mol.